The molecule has 0 saturated carbocycles. The molecule has 3 rings (SSSR count). The van der Waals surface area contributed by atoms with Crippen LogP contribution in [0, 0.1) is 17.0 Å². The lowest BCUT2D eigenvalue weighted by molar-refractivity contribution is -0.384. The highest BCUT2D eigenvalue weighted by Gasteiger charge is 2.15. The summed E-state index contributed by atoms with van der Waals surface area (Å²) in [7, 11) is 0. The number of carbonyl (C=O) groups is 1. The first kappa shape index (κ1) is 16.0. The highest BCUT2D eigenvalue weighted by molar-refractivity contribution is 7.19. The van der Waals surface area contributed by atoms with E-state index in [1.54, 1.807) is 0 Å². The topological polar surface area (TPSA) is 124 Å². The number of nitro benzene ring substituents is 1. The van der Waals surface area contributed by atoms with Gasteiger partial charge in [-0.3, -0.25) is 20.2 Å². The predicted octanol–water partition coefficient (Wildman–Crippen LogP) is 3.32. The van der Waals surface area contributed by atoms with E-state index in [1.807, 2.05) is 12.3 Å². The van der Waals surface area contributed by atoms with E-state index in [0.717, 1.165) is 16.3 Å². The fourth-order valence-electron chi connectivity index (χ4n) is 1.98. The molecule has 2 heterocycles. The van der Waals surface area contributed by atoms with Gasteiger partial charge in [0.05, 0.1) is 21.2 Å². The molecule has 1 amide bonds. The van der Waals surface area contributed by atoms with Gasteiger partial charge in [0.2, 0.25) is 0 Å². The Kier molecular flexibility index (Phi) is 4.23. The number of aromatic nitrogens is 2. The van der Waals surface area contributed by atoms with Crippen molar-refractivity contribution in [2.45, 2.75) is 6.92 Å². The molecule has 122 valence electrons. The second-order valence-corrected chi connectivity index (χ2v) is 6.65. The third-order valence-corrected chi connectivity index (χ3v) is 4.88. The molecule has 8 nitrogen and oxygen atoms in total. The average molecular weight is 361 g/mol. The van der Waals surface area contributed by atoms with Crippen LogP contribution in [0.4, 0.5) is 16.0 Å². The minimum Gasteiger partial charge on any atom is -0.375 e. The molecule has 3 N–H and O–H groups in total. The zero-order valence-corrected chi connectivity index (χ0v) is 14.0. The minimum atomic E-state index is -0.516. The molecule has 0 unspecified atom stereocenters. The number of benzene rings is 1. The SMILES string of the molecule is Cc1nc(NC(=O)c2ccc([N+](=O)[O-])cc2)sc1-c1csc(N)n1. The van der Waals surface area contributed by atoms with Gasteiger partial charge >= 0.3 is 0 Å². The van der Waals surface area contributed by atoms with Crippen LogP contribution >= 0.6 is 22.7 Å². The highest BCUT2D eigenvalue weighted by atomic mass is 32.1. The van der Waals surface area contributed by atoms with Gasteiger partial charge in [0.15, 0.2) is 10.3 Å². The van der Waals surface area contributed by atoms with Gasteiger partial charge in [-0.2, -0.15) is 0 Å². The molecule has 0 bridgehead atoms. The lowest BCUT2D eigenvalue weighted by Crippen LogP contribution is -2.11. The lowest BCUT2D eigenvalue weighted by Gasteiger charge is -2.01. The molecule has 1 aromatic carbocycles. The van der Waals surface area contributed by atoms with Crippen molar-refractivity contribution in [1.29, 1.82) is 0 Å². The van der Waals surface area contributed by atoms with Crippen molar-refractivity contribution in [3.8, 4) is 10.6 Å². The quantitative estimate of drug-likeness (QED) is 0.542. The van der Waals surface area contributed by atoms with Crippen molar-refractivity contribution in [1.82, 2.24) is 9.97 Å². The second kappa shape index (κ2) is 6.34. The predicted molar refractivity (Wildman–Crippen MR) is 93.4 cm³/mol. The van der Waals surface area contributed by atoms with Crippen molar-refractivity contribution < 1.29 is 9.72 Å². The third-order valence-electron chi connectivity index (χ3n) is 3.11. The molecule has 0 saturated heterocycles. The second-order valence-electron chi connectivity index (χ2n) is 4.76. The summed E-state index contributed by atoms with van der Waals surface area (Å²) >= 11 is 2.63. The number of hydrogen-bond acceptors (Lipinski definition) is 8. The van der Waals surface area contributed by atoms with E-state index in [1.165, 1.54) is 46.9 Å². The number of nitro groups is 1. The van der Waals surface area contributed by atoms with Crippen LogP contribution in [-0.2, 0) is 0 Å². The summed E-state index contributed by atoms with van der Waals surface area (Å²) in [6.07, 6.45) is 0. The van der Waals surface area contributed by atoms with E-state index in [4.69, 9.17) is 5.73 Å². The Hall–Kier alpha value is -2.85. The van der Waals surface area contributed by atoms with Crippen molar-refractivity contribution in [2.75, 3.05) is 11.1 Å². The zero-order valence-electron chi connectivity index (χ0n) is 12.3. The van der Waals surface area contributed by atoms with Gasteiger partial charge in [0.1, 0.15) is 0 Å². The van der Waals surface area contributed by atoms with Gasteiger partial charge in [-0.1, -0.05) is 11.3 Å². The number of nitrogens with one attached hydrogen (secondary N) is 1. The maximum Gasteiger partial charge on any atom is 0.269 e. The first-order chi connectivity index (χ1) is 11.4. The number of carbonyl (C=O) groups excluding carboxylic acids is 1. The summed E-state index contributed by atoms with van der Waals surface area (Å²) in [4.78, 5) is 31.7. The van der Waals surface area contributed by atoms with E-state index in [2.05, 4.69) is 15.3 Å². The Morgan fingerprint density at radius 2 is 2.00 bits per heavy atom. The van der Waals surface area contributed by atoms with E-state index in [9.17, 15) is 14.9 Å². The van der Waals surface area contributed by atoms with Gasteiger partial charge in [0.25, 0.3) is 11.6 Å². The molecule has 3 aromatic rings. The molecule has 0 atom stereocenters. The number of nitrogens with two attached hydrogens (primary N) is 1. The summed E-state index contributed by atoms with van der Waals surface area (Å²) in [6, 6.07) is 5.36. The molecular formula is C14H11N5O3S2. The van der Waals surface area contributed by atoms with E-state index in [0.29, 0.717) is 15.8 Å². The van der Waals surface area contributed by atoms with Crippen LogP contribution in [0.3, 0.4) is 0 Å². The number of rotatable bonds is 4. The van der Waals surface area contributed by atoms with Gasteiger partial charge < -0.3 is 5.73 Å². The van der Waals surface area contributed by atoms with Gasteiger partial charge in [0, 0.05) is 23.1 Å². The van der Waals surface area contributed by atoms with Crippen molar-refractivity contribution >= 4 is 44.5 Å². The molecular weight excluding hydrogens is 350 g/mol. The first-order valence-electron chi connectivity index (χ1n) is 6.68. The largest absolute Gasteiger partial charge is 0.375 e. The maximum absolute atomic E-state index is 12.2. The molecule has 0 aliphatic heterocycles. The summed E-state index contributed by atoms with van der Waals surface area (Å²) < 4.78 is 0. The van der Waals surface area contributed by atoms with Crippen LogP contribution in [0.5, 0.6) is 0 Å². The van der Waals surface area contributed by atoms with Crippen LogP contribution in [0.25, 0.3) is 10.6 Å². The van der Waals surface area contributed by atoms with Crippen molar-refractivity contribution in [3.63, 3.8) is 0 Å². The Balaban J connectivity index is 1.78. The van der Waals surface area contributed by atoms with Crippen LogP contribution < -0.4 is 11.1 Å². The highest BCUT2D eigenvalue weighted by Crippen LogP contribution is 2.34. The molecule has 10 heteroatoms. The molecule has 0 aliphatic carbocycles. The van der Waals surface area contributed by atoms with Crippen molar-refractivity contribution in [2.24, 2.45) is 0 Å². The Morgan fingerprint density at radius 1 is 1.29 bits per heavy atom. The van der Waals surface area contributed by atoms with Gasteiger partial charge in [-0.15, -0.1) is 11.3 Å². The Labute approximate surface area is 144 Å². The molecule has 24 heavy (non-hydrogen) atoms. The fourth-order valence-corrected chi connectivity index (χ4v) is 3.53. The minimum absolute atomic E-state index is 0.0694. The van der Waals surface area contributed by atoms with E-state index in [-0.39, 0.29) is 11.6 Å². The summed E-state index contributed by atoms with van der Waals surface area (Å²) in [5.41, 5.74) is 7.35. The van der Waals surface area contributed by atoms with Crippen molar-refractivity contribution in [3.05, 3.63) is 51.0 Å². The van der Waals surface area contributed by atoms with E-state index < -0.39 is 4.92 Å². The number of hydrogen-bond donors (Lipinski definition) is 2. The smallest absolute Gasteiger partial charge is 0.269 e. The summed E-state index contributed by atoms with van der Waals surface area (Å²) in [6.45, 7) is 1.82. The van der Waals surface area contributed by atoms with Crippen LogP contribution in [0.15, 0.2) is 29.6 Å². The molecule has 0 spiro atoms. The van der Waals surface area contributed by atoms with Gasteiger partial charge in [-0.25, -0.2) is 9.97 Å². The lowest BCUT2D eigenvalue weighted by atomic mass is 10.2. The number of non-ortho nitro benzene ring substituents is 1. The number of amides is 1. The maximum atomic E-state index is 12.2. The molecule has 2 aromatic heterocycles. The Bertz CT molecular complexity index is 917. The molecule has 0 radical (unpaired) electrons. The summed E-state index contributed by atoms with van der Waals surface area (Å²) in [5, 5.41) is 16.0. The zero-order chi connectivity index (χ0) is 17.3. The monoisotopic (exact) mass is 361 g/mol. The van der Waals surface area contributed by atoms with Crippen LogP contribution in [-0.4, -0.2) is 20.8 Å². The summed E-state index contributed by atoms with van der Waals surface area (Å²) in [5.74, 6) is -0.386. The third kappa shape index (κ3) is 3.24. The average Bonchev–Trinajstić information content (AvgIpc) is 3.13. The van der Waals surface area contributed by atoms with Crippen LogP contribution in [0.1, 0.15) is 16.1 Å². The number of thiazole rings is 2. The number of anilines is 2. The van der Waals surface area contributed by atoms with E-state index >= 15 is 0 Å². The number of nitrogen functional groups attached to an aromatic ring is 1. The number of nitrogens with zero attached hydrogens (tertiary/aromatic N) is 3. The van der Waals surface area contributed by atoms with Crippen LogP contribution in [0.2, 0.25) is 0 Å². The standard InChI is InChI=1S/C14H11N5O3S2/c1-7-11(10-6-23-13(15)17-10)24-14(16-7)18-12(20)8-2-4-9(5-3-8)19(21)22/h2-6H,1H3,(H2,15,17)(H,16,18,20). The first-order valence-corrected chi connectivity index (χ1v) is 8.38. The molecule has 0 aliphatic rings. The van der Waals surface area contributed by atoms with Gasteiger partial charge in [-0.05, 0) is 19.1 Å². The number of aryl methyl sites for hydroxylation is 1. The fraction of sp³-hybridized carbons (Fsp3) is 0.0714. The Morgan fingerprint density at radius 3 is 2.58 bits per heavy atom. The molecule has 0 fully saturated rings. The normalized spacial score (nSPS) is 10.5.